The first kappa shape index (κ1) is 14.9. The van der Waals surface area contributed by atoms with Crippen molar-refractivity contribution in [1.29, 1.82) is 0 Å². The van der Waals surface area contributed by atoms with Gasteiger partial charge in [-0.1, -0.05) is 27.7 Å². The molecule has 1 aliphatic heterocycles. The van der Waals surface area contributed by atoms with Crippen molar-refractivity contribution >= 4 is 0 Å². The molecule has 0 bridgehead atoms. The van der Waals surface area contributed by atoms with E-state index in [2.05, 4.69) is 37.9 Å². The van der Waals surface area contributed by atoms with Crippen LogP contribution in [0.4, 0.5) is 0 Å². The summed E-state index contributed by atoms with van der Waals surface area (Å²) in [7, 11) is 1.81. The molecule has 1 heterocycles. The number of ether oxygens (including phenoxy) is 1. The number of hydrogen-bond acceptors (Lipinski definition) is 3. The minimum Gasteiger partial charge on any atom is -0.383 e. The molecule has 1 N–H and O–H groups in total. The van der Waals surface area contributed by atoms with Crippen LogP contribution in [0.3, 0.4) is 0 Å². The summed E-state index contributed by atoms with van der Waals surface area (Å²) in [5.41, 5.74) is 0. The minimum absolute atomic E-state index is 0.577. The van der Waals surface area contributed by atoms with E-state index >= 15 is 0 Å². The quantitative estimate of drug-likeness (QED) is 0.772. The van der Waals surface area contributed by atoms with Crippen molar-refractivity contribution in [2.75, 3.05) is 26.8 Å². The van der Waals surface area contributed by atoms with E-state index in [1.165, 1.54) is 12.8 Å². The van der Waals surface area contributed by atoms with Gasteiger partial charge in [0.2, 0.25) is 0 Å². The molecule has 0 amide bonds. The smallest absolute Gasteiger partial charge is 0.0618 e. The van der Waals surface area contributed by atoms with Crippen molar-refractivity contribution in [2.45, 2.75) is 58.7 Å². The maximum atomic E-state index is 5.37. The Bertz CT molecular complexity index is 208. The Labute approximate surface area is 107 Å². The zero-order valence-electron chi connectivity index (χ0n) is 12.2. The molecular weight excluding hydrogens is 212 g/mol. The lowest BCUT2D eigenvalue weighted by Gasteiger charge is -2.45. The van der Waals surface area contributed by atoms with Crippen molar-refractivity contribution in [3.8, 4) is 0 Å². The fourth-order valence-corrected chi connectivity index (χ4v) is 2.76. The van der Waals surface area contributed by atoms with E-state index < -0.39 is 0 Å². The summed E-state index contributed by atoms with van der Waals surface area (Å²) in [6, 6.07) is 1.88. The SMILES string of the molecule is CCC1CNC(C(C)C)CN1C(CC)COC. The Morgan fingerprint density at radius 1 is 1.35 bits per heavy atom. The van der Waals surface area contributed by atoms with Crippen molar-refractivity contribution in [3.05, 3.63) is 0 Å². The molecule has 0 aromatic carbocycles. The fraction of sp³-hybridized carbons (Fsp3) is 1.00. The molecule has 0 spiro atoms. The molecule has 3 atom stereocenters. The van der Waals surface area contributed by atoms with Crippen LogP contribution in [0.5, 0.6) is 0 Å². The van der Waals surface area contributed by atoms with Gasteiger partial charge in [-0.2, -0.15) is 0 Å². The van der Waals surface area contributed by atoms with Gasteiger partial charge in [-0.25, -0.2) is 0 Å². The number of nitrogens with one attached hydrogen (secondary N) is 1. The van der Waals surface area contributed by atoms with Gasteiger partial charge < -0.3 is 10.1 Å². The van der Waals surface area contributed by atoms with E-state index in [0.29, 0.717) is 24.0 Å². The number of rotatable bonds is 6. The molecule has 17 heavy (non-hydrogen) atoms. The van der Waals surface area contributed by atoms with Gasteiger partial charge >= 0.3 is 0 Å². The fourth-order valence-electron chi connectivity index (χ4n) is 2.76. The van der Waals surface area contributed by atoms with Crippen molar-refractivity contribution in [1.82, 2.24) is 10.2 Å². The Kier molecular flexibility index (Phi) is 6.45. The third-order valence-electron chi connectivity index (χ3n) is 4.07. The summed E-state index contributed by atoms with van der Waals surface area (Å²) in [4.78, 5) is 2.67. The monoisotopic (exact) mass is 242 g/mol. The predicted octanol–water partition coefficient (Wildman–Crippen LogP) is 2.12. The van der Waals surface area contributed by atoms with Gasteiger partial charge in [0, 0.05) is 38.3 Å². The van der Waals surface area contributed by atoms with Crippen LogP contribution < -0.4 is 5.32 Å². The lowest BCUT2D eigenvalue weighted by molar-refractivity contribution is 0.0234. The summed E-state index contributed by atoms with van der Waals surface area (Å²) in [6.07, 6.45) is 2.40. The van der Waals surface area contributed by atoms with E-state index in [4.69, 9.17) is 4.74 Å². The molecule has 0 aromatic heterocycles. The first-order valence-corrected chi connectivity index (χ1v) is 7.12. The van der Waals surface area contributed by atoms with E-state index in [1.807, 2.05) is 7.11 Å². The lowest BCUT2D eigenvalue weighted by Crippen LogP contribution is -2.61. The topological polar surface area (TPSA) is 24.5 Å². The largest absolute Gasteiger partial charge is 0.383 e. The Balaban J connectivity index is 2.67. The predicted molar refractivity (Wildman–Crippen MR) is 73.4 cm³/mol. The summed E-state index contributed by atoms with van der Waals surface area (Å²) >= 11 is 0. The van der Waals surface area contributed by atoms with Gasteiger partial charge in [-0.3, -0.25) is 4.90 Å². The maximum absolute atomic E-state index is 5.37. The Hall–Kier alpha value is -0.120. The molecule has 1 saturated heterocycles. The zero-order valence-corrected chi connectivity index (χ0v) is 12.2. The molecule has 3 heteroatoms. The van der Waals surface area contributed by atoms with Gasteiger partial charge in [-0.15, -0.1) is 0 Å². The van der Waals surface area contributed by atoms with E-state index in [9.17, 15) is 0 Å². The molecule has 3 unspecified atom stereocenters. The van der Waals surface area contributed by atoms with Crippen molar-refractivity contribution in [3.63, 3.8) is 0 Å². The third kappa shape index (κ3) is 3.94. The molecular formula is C14H30N2O. The summed E-state index contributed by atoms with van der Waals surface area (Å²) < 4.78 is 5.37. The normalized spacial score (nSPS) is 28.6. The third-order valence-corrected chi connectivity index (χ3v) is 4.07. The number of hydrogen-bond donors (Lipinski definition) is 1. The Morgan fingerprint density at radius 3 is 2.53 bits per heavy atom. The first-order chi connectivity index (χ1) is 8.13. The number of piperazine rings is 1. The molecule has 3 nitrogen and oxygen atoms in total. The molecule has 0 aromatic rings. The van der Waals surface area contributed by atoms with Gasteiger partial charge in [-0.05, 0) is 18.8 Å². The summed E-state index contributed by atoms with van der Waals surface area (Å²) in [5.74, 6) is 0.704. The molecule has 102 valence electrons. The lowest BCUT2D eigenvalue weighted by atomic mass is 9.96. The average Bonchev–Trinajstić information content (AvgIpc) is 2.35. The minimum atomic E-state index is 0.577. The molecule has 0 aliphatic carbocycles. The summed E-state index contributed by atoms with van der Waals surface area (Å²) in [6.45, 7) is 12.3. The van der Waals surface area contributed by atoms with Crippen molar-refractivity contribution in [2.24, 2.45) is 5.92 Å². The van der Waals surface area contributed by atoms with E-state index in [0.717, 1.165) is 19.7 Å². The van der Waals surface area contributed by atoms with Gasteiger partial charge in [0.05, 0.1) is 6.61 Å². The molecule has 1 rings (SSSR count). The van der Waals surface area contributed by atoms with Crippen LogP contribution in [0, 0.1) is 5.92 Å². The van der Waals surface area contributed by atoms with E-state index in [-0.39, 0.29) is 0 Å². The number of nitrogens with zero attached hydrogens (tertiary/aromatic N) is 1. The second-order valence-electron chi connectivity index (χ2n) is 5.54. The first-order valence-electron chi connectivity index (χ1n) is 7.12. The highest BCUT2D eigenvalue weighted by Gasteiger charge is 2.32. The van der Waals surface area contributed by atoms with Crippen LogP contribution in [0.25, 0.3) is 0 Å². The highest BCUT2D eigenvalue weighted by atomic mass is 16.5. The van der Waals surface area contributed by atoms with Crippen LogP contribution in [-0.4, -0.2) is 49.8 Å². The van der Waals surface area contributed by atoms with Crippen LogP contribution in [0.1, 0.15) is 40.5 Å². The summed E-state index contributed by atoms with van der Waals surface area (Å²) in [5, 5.41) is 3.69. The second-order valence-corrected chi connectivity index (χ2v) is 5.54. The second kappa shape index (κ2) is 7.34. The number of methoxy groups -OCH3 is 1. The van der Waals surface area contributed by atoms with Crippen molar-refractivity contribution < 1.29 is 4.74 Å². The van der Waals surface area contributed by atoms with Crippen LogP contribution in [-0.2, 0) is 4.74 Å². The highest BCUT2D eigenvalue weighted by molar-refractivity contribution is 4.90. The molecule has 1 aliphatic rings. The maximum Gasteiger partial charge on any atom is 0.0618 e. The van der Waals surface area contributed by atoms with Gasteiger partial charge in [0.15, 0.2) is 0 Å². The van der Waals surface area contributed by atoms with Gasteiger partial charge in [0.1, 0.15) is 0 Å². The zero-order chi connectivity index (χ0) is 12.8. The molecule has 0 saturated carbocycles. The highest BCUT2D eigenvalue weighted by Crippen LogP contribution is 2.19. The van der Waals surface area contributed by atoms with E-state index in [1.54, 1.807) is 0 Å². The molecule has 0 radical (unpaired) electrons. The van der Waals surface area contributed by atoms with Crippen LogP contribution >= 0.6 is 0 Å². The van der Waals surface area contributed by atoms with Crippen LogP contribution in [0.2, 0.25) is 0 Å². The van der Waals surface area contributed by atoms with Crippen LogP contribution in [0.15, 0.2) is 0 Å². The average molecular weight is 242 g/mol. The Morgan fingerprint density at radius 2 is 2.06 bits per heavy atom. The molecule has 1 fully saturated rings. The van der Waals surface area contributed by atoms with Gasteiger partial charge in [0.25, 0.3) is 0 Å². The standard InChI is InChI=1S/C14H30N2O/c1-6-12-8-15-14(11(3)4)9-16(12)13(7-2)10-17-5/h11-15H,6-10H2,1-5H3.